The molecular formula is C27H34N6. The topological polar surface area (TPSA) is 80.8 Å². The Morgan fingerprint density at radius 2 is 1.85 bits per heavy atom. The van der Waals surface area contributed by atoms with Gasteiger partial charge in [-0.25, -0.2) is 4.98 Å². The summed E-state index contributed by atoms with van der Waals surface area (Å²) in [4.78, 5) is 9.23. The number of aromatic nitrogens is 3. The minimum Gasteiger partial charge on any atom is -0.368 e. The number of anilines is 2. The summed E-state index contributed by atoms with van der Waals surface area (Å²) in [6.45, 7) is 4.75. The number of nitrogen functional groups attached to an aromatic ring is 1. The average Bonchev–Trinajstić information content (AvgIpc) is 3.45. The van der Waals surface area contributed by atoms with E-state index in [4.69, 9.17) is 5.73 Å². The number of fused-ring (bicyclic) bond motifs is 3. The highest BCUT2D eigenvalue weighted by Crippen LogP contribution is 2.33. The molecule has 33 heavy (non-hydrogen) atoms. The summed E-state index contributed by atoms with van der Waals surface area (Å²) in [5.41, 5.74) is 11.8. The fourth-order valence-corrected chi connectivity index (χ4v) is 5.03. The molecule has 4 aromatic rings. The quantitative estimate of drug-likeness (QED) is 0.300. The highest BCUT2D eigenvalue weighted by molar-refractivity contribution is 6.09. The van der Waals surface area contributed by atoms with Crippen LogP contribution in [0.1, 0.15) is 56.6 Å². The second kappa shape index (κ2) is 9.79. The maximum absolute atomic E-state index is 6.11. The summed E-state index contributed by atoms with van der Waals surface area (Å²) in [6.07, 6.45) is 7.53. The van der Waals surface area contributed by atoms with Crippen molar-refractivity contribution in [2.75, 3.05) is 17.6 Å². The van der Waals surface area contributed by atoms with E-state index >= 15 is 0 Å². The van der Waals surface area contributed by atoms with Gasteiger partial charge in [-0.1, -0.05) is 68.7 Å². The van der Waals surface area contributed by atoms with Gasteiger partial charge in [0.05, 0.1) is 5.52 Å². The Morgan fingerprint density at radius 1 is 1.03 bits per heavy atom. The van der Waals surface area contributed by atoms with Crippen molar-refractivity contribution in [3.05, 3.63) is 59.7 Å². The number of nitrogens with zero attached hydrogens (tertiary/aromatic N) is 3. The second-order valence-corrected chi connectivity index (χ2v) is 9.19. The Kier molecular flexibility index (Phi) is 6.44. The zero-order valence-electron chi connectivity index (χ0n) is 19.5. The fraction of sp³-hybridized carbons (Fsp3) is 0.407. The molecule has 0 atom stereocenters. The molecule has 1 aliphatic rings. The molecule has 4 N–H and O–H groups in total. The van der Waals surface area contributed by atoms with Crippen LogP contribution in [0.5, 0.6) is 0 Å². The van der Waals surface area contributed by atoms with Crippen molar-refractivity contribution in [1.82, 2.24) is 19.9 Å². The SMILES string of the molecule is CCCCNc1nc(N)nc2c3ccccc3n(Cc3cccc(CNC4CCCC4)c3)c12. The van der Waals surface area contributed by atoms with Crippen molar-refractivity contribution in [3.63, 3.8) is 0 Å². The van der Waals surface area contributed by atoms with E-state index in [0.29, 0.717) is 12.0 Å². The molecule has 1 aliphatic carbocycles. The molecule has 2 aromatic heterocycles. The molecule has 2 aromatic carbocycles. The summed E-state index contributed by atoms with van der Waals surface area (Å²) >= 11 is 0. The second-order valence-electron chi connectivity index (χ2n) is 9.19. The third kappa shape index (κ3) is 4.67. The smallest absolute Gasteiger partial charge is 0.222 e. The predicted molar refractivity (Wildman–Crippen MR) is 137 cm³/mol. The first kappa shape index (κ1) is 21.7. The molecule has 0 spiro atoms. The van der Waals surface area contributed by atoms with Crippen LogP contribution in [0, 0.1) is 0 Å². The maximum Gasteiger partial charge on any atom is 0.222 e. The third-order valence-electron chi connectivity index (χ3n) is 6.73. The molecule has 0 amide bonds. The number of rotatable bonds is 9. The van der Waals surface area contributed by atoms with E-state index < -0.39 is 0 Å². The van der Waals surface area contributed by atoms with E-state index in [1.807, 2.05) is 0 Å². The van der Waals surface area contributed by atoms with Gasteiger partial charge >= 0.3 is 0 Å². The first-order chi connectivity index (χ1) is 16.2. The molecule has 0 radical (unpaired) electrons. The van der Waals surface area contributed by atoms with E-state index in [1.54, 1.807) is 0 Å². The highest BCUT2D eigenvalue weighted by Gasteiger charge is 2.18. The summed E-state index contributed by atoms with van der Waals surface area (Å²) < 4.78 is 2.34. The van der Waals surface area contributed by atoms with Crippen LogP contribution in [0.4, 0.5) is 11.8 Å². The summed E-state index contributed by atoms with van der Waals surface area (Å²) in [6, 6.07) is 18.0. The van der Waals surface area contributed by atoms with E-state index in [1.165, 1.54) is 36.8 Å². The van der Waals surface area contributed by atoms with Gasteiger partial charge in [-0.05, 0) is 36.5 Å². The van der Waals surface area contributed by atoms with Crippen molar-refractivity contribution in [1.29, 1.82) is 0 Å². The van der Waals surface area contributed by atoms with E-state index in [9.17, 15) is 0 Å². The molecule has 1 fully saturated rings. The lowest BCUT2D eigenvalue weighted by atomic mass is 10.1. The van der Waals surface area contributed by atoms with Crippen LogP contribution >= 0.6 is 0 Å². The summed E-state index contributed by atoms with van der Waals surface area (Å²) in [5.74, 6) is 1.13. The molecule has 5 rings (SSSR count). The van der Waals surface area contributed by atoms with Crippen LogP contribution in [0.25, 0.3) is 21.9 Å². The molecular weight excluding hydrogens is 408 g/mol. The Morgan fingerprint density at radius 3 is 2.70 bits per heavy atom. The van der Waals surface area contributed by atoms with E-state index in [-0.39, 0.29) is 0 Å². The largest absolute Gasteiger partial charge is 0.368 e. The van der Waals surface area contributed by atoms with Gasteiger partial charge in [0.25, 0.3) is 0 Å². The molecule has 0 bridgehead atoms. The molecule has 0 aliphatic heterocycles. The van der Waals surface area contributed by atoms with Crippen LogP contribution in [0.15, 0.2) is 48.5 Å². The van der Waals surface area contributed by atoms with Gasteiger partial charge in [0.15, 0.2) is 5.82 Å². The lowest BCUT2D eigenvalue weighted by Crippen LogP contribution is -2.25. The van der Waals surface area contributed by atoms with Crippen LogP contribution < -0.4 is 16.4 Å². The van der Waals surface area contributed by atoms with Gasteiger partial charge in [0, 0.05) is 31.1 Å². The van der Waals surface area contributed by atoms with Crippen molar-refractivity contribution in [2.45, 2.75) is 64.6 Å². The first-order valence-electron chi connectivity index (χ1n) is 12.3. The normalized spacial score (nSPS) is 14.5. The van der Waals surface area contributed by atoms with Gasteiger partial charge in [0.2, 0.25) is 5.95 Å². The minimum atomic E-state index is 0.310. The van der Waals surface area contributed by atoms with Crippen LogP contribution in [0.2, 0.25) is 0 Å². The number of nitrogens with one attached hydrogen (secondary N) is 2. The molecule has 6 nitrogen and oxygen atoms in total. The molecule has 1 saturated carbocycles. The average molecular weight is 443 g/mol. The molecule has 2 heterocycles. The Bertz CT molecular complexity index is 1240. The summed E-state index contributed by atoms with van der Waals surface area (Å²) in [5, 5.41) is 8.36. The van der Waals surface area contributed by atoms with Crippen molar-refractivity contribution in [2.24, 2.45) is 0 Å². The zero-order chi connectivity index (χ0) is 22.6. The standard InChI is InChI=1S/C27H34N6/c1-2-3-15-29-26-25-24(31-27(28)32-26)22-13-6-7-14-23(22)33(25)18-20-10-8-9-19(16-20)17-30-21-11-4-5-12-21/h6-10,13-14,16,21,30H,2-5,11-12,15,17-18H2,1H3,(H3,28,29,31,32). The van der Waals surface area contributed by atoms with E-state index in [2.05, 4.69) is 80.6 Å². The molecule has 6 heteroatoms. The number of hydrogen-bond donors (Lipinski definition) is 3. The van der Waals surface area contributed by atoms with Crippen molar-refractivity contribution < 1.29 is 0 Å². The zero-order valence-corrected chi connectivity index (χ0v) is 19.5. The summed E-state index contributed by atoms with van der Waals surface area (Å²) in [7, 11) is 0. The third-order valence-corrected chi connectivity index (χ3v) is 6.73. The maximum atomic E-state index is 6.11. The van der Waals surface area contributed by atoms with E-state index in [0.717, 1.165) is 60.2 Å². The van der Waals surface area contributed by atoms with Crippen LogP contribution in [-0.4, -0.2) is 27.1 Å². The van der Waals surface area contributed by atoms with Gasteiger partial charge in [-0.2, -0.15) is 4.98 Å². The Balaban J connectivity index is 1.51. The number of para-hydroxylation sites is 1. The molecule has 0 unspecified atom stereocenters. The van der Waals surface area contributed by atoms with Gasteiger partial charge < -0.3 is 20.9 Å². The molecule has 172 valence electrons. The van der Waals surface area contributed by atoms with Gasteiger partial charge in [-0.15, -0.1) is 0 Å². The van der Waals surface area contributed by atoms with Crippen molar-refractivity contribution >= 4 is 33.7 Å². The predicted octanol–water partition coefficient (Wildman–Crippen LogP) is 5.46. The number of hydrogen-bond acceptors (Lipinski definition) is 5. The van der Waals surface area contributed by atoms with Crippen molar-refractivity contribution in [3.8, 4) is 0 Å². The van der Waals surface area contributed by atoms with Crippen LogP contribution in [0.3, 0.4) is 0 Å². The first-order valence-corrected chi connectivity index (χ1v) is 12.3. The Labute approximate surface area is 195 Å². The van der Waals surface area contributed by atoms with Gasteiger partial charge in [0.1, 0.15) is 11.0 Å². The molecule has 0 saturated heterocycles. The number of unbranched alkanes of at least 4 members (excludes halogenated alkanes) is 1. The van der Waals surface area contributed by atoms with Crippen LogP contribution in [-0.2, 0) is 13.1 Å². The number of benzene rings is 2. The Hall–Kier alpha value is -3.12. The lowest BCUT2D eigenvalue weighted by Gasteiger charge is -2.14. The lowest BCUT2D eigenvalue weighted by molar-refractivity contribution is 0.524. The minimum absolute atomic E-state index is 0.310. The highest BCUT2D eigenvalue weighted by atomic mass is 15.1. The van der Waals surface area contributed by atoms with Gasteiger partial charge in [-0.3, -0.25) is 0 Å². The monoisotopic (exact) mass is 442 g/mol. The fourth-order valence-electron chi connectivity index (χ4n) is 5.03. The number of nitrogens with two attached hydrogens (primary N) is 1.